The Morgan fingerprint density at radius 2 is 2.10 bits per heavy atom. The second-order valence-corrected chi connectivity index (χ2v) is 7.36. The highest BCUT2D eigenvalue weighted by Crippen LogP contribution is 2.33. The Hall–Kier alpha value is -3.17. The van der Waals surface area contributed by atoms with Crippen molar-refractivity contribution >= 4 is 11.5 Å². The van der Waals surface area contributed by atoms with Crippen LogP contribution >= 0.6 is 0 Å². The molecule has 0 bridgehead atoms. The number of aromatic nitrogens is 2. The van der Waals surface area contributed by atoms with E-state index in [2.05, 4.69) is 40.3 Å². The highest BCUT2D eigenvalue weighted by molar-refractivity contribution is 5.55. The van der Waals surface area contributed by atoms with Gasteiger partial charge in [-0.25, -0.2) is 9.97 Å². The van der Waals surface area contributed by atoms with Crippen molar-refractivity contribution in [3.05, 3.63) is 71.6 Å². The van der Waals surface area contributed by atoms with Gasteiger partial charge in [0, 0.05) is 6.42 Å². The quantitative estimate of drug-likeness (QED) is 0.616. The molecule has 1 fully saturated rings. The van der Waals surface area contributed by atoms with Crippen molar-refractivity contribution < 1.29 is 4.42 Å². The van der Waals surface area contributed by atoms with E-state index in [0.717, 1.165) is 67.5 Å². The predicted molar refractivity (Wildman–Crippen MR) is 112 cm³/mol. The van der Waals surface area contributed by atoms with E-state index in [1.165, 1.54) is 0 Å². The van der Waals surface area contributed by atoms with Crippen molar-refractivity contribution in [1.29, 1.82) is 5.26 Å². The van der Waals surface area contributed by atoms with E-state index < -0.39 is 0 Å². The lowest BCUT2D eigenvalue weighted by Crippen LogP contribution is -2.23. The maximum Gasteiger partial charge on any atom is 0.140 e. The first kappa shape index (κ1) is 19.2. The molecule has 1 unspecified atom stereocenters. The van der Waals surface area contributed by atoms with Gasteiger partial charge in [-0.2, -0.15) is 5.26 Å². The number of hydrogen-bond acceptors (Lipinski definition) is 6. The van der Waals surface area contributed by atoms with Crippen LogP contribution in [0.15, 0.2) is 53.1 Å². The maximum atomic E-state index is 8.88. The number of pyridine rings is 2. The van der Waals surface area contributed by atoms with E-state index in [1.807, 2.05) is 24.3 Å². The Balaban J connectivity index is 1.46. The SMILES string of the molecule is CCCc1ccc(CN2CCCC2c2cccc(Nc3ccc(C#N)nc3)n2)o1. The summed E-state index contributed by atoms with van der Waals surface area (Å²) in [7, 11) is 0. The smallest absolute Gasteiger partial charge is 0.140 e. The van der Waals surface area contributed by atoms with Crippen LogP contribution in [0, 0.1) is 11.3 Å². The number of rotatable bonds is 7. The standard InChI is InChI=1S/C23H25N5O/c1-2-5-19-11-12-20(29-19)16-28-13-4-7-22(28)21-6-3-8-23(27-21)26-18-10-9-17(14-24)25-15-18/h3,6,8-12,15,22H,2,4-5,7,13,16H2,1H3,(H,26,27). The number of furan rings is 1. The van der Waals surface area contributed by atoms with Crippen LogP contribution in [-0.4, -0.2) is 21.4 Å². The van der Waals surface area contributed by atoms with Crippen LogP contribution in [0.3, 0.4) is 0 Å². The number of nitrogens with one attached hydrogen (secondary N) is 1. The van der Waals surface area contributed by atoms with E-state index >= 15 is 0 Å². The van der Waals surface area contributed by atoms with Gasteiger partial charge in [-0.1, -0.05) is 13.0 Å². The zero-order valence-electron chi connectivity index (χ0n) is 16.6. The zero-order chi connectivity index (χ0) is 20.1. The minimum Gasteiger partial charge on any atom is -0.465 e. The topological polar surface area (TPSA) is 78.0 Å². The second kappa shape index (κ2) is 8.89. The third kappa shape index (κ3) is 4.64. The number of aryl methyl sites for hydroxylation is 1. The molecule has 0 saturated carbocycles. The minimum atomic E-state index is 0.288. The van der Waals surface area contributed by atoms with E-state index in [9.17, 15) is 0 Å². The van der Waals surface area contributed by atoms with Crippen molar-refractivity contribution in [3.63, 3.8) is 0 Å². The summed E-state index contributed by atoms with van der Waals surface area (Å²) >= 11 is 0. The Bertz CT molecular complexity index is 989. The van der Waals surface area contributed by atoms with Crippen molar-refractivity contribution in [2.45, 2.75) is 45.2 Å². The van der Waals surface area contributed by atoms with Gasteiger partial charge < -0.3 is 9.73 Å². The number of hydrogen-bond donors (Lipinski definition) is 1. The summed E-state index contributed by atoms with van der Waals surface area (Å²) in [6.07, 6.45) is 5.99. The normalized spacial score (nSPS) is 16.6. The molecule has 148 valence electrons. The first-order chi connectivity index (χ1) is 14.2. The molecule has 29 heavy (non-hydrogen) atoms. The van der Waals surface area contributed by atoms with Crippen LogP contribution in [0.5, 0.6) is 0 Å². The van der Waals surface area contributed by atoms with Crippen molar-refractivity contribution in [1.82, 2.24) is 14.9 Å². The molecule has 1 aliphatic rings. The fourth-order valence-corrected chi connectivity index (χ4v) is 3.83. The van der Waals surface area contributed by atoms with Gasteiger partial charge in [-0.15, -0.1) is 0 Å². The van der Waals surface area contributed by atoms with Gasteiger partial charge >= 0.3 is 0 Å². The largest absolute Gasteiger partial charge is 0.465 e. The first-order valence-corrected chi connectivity index (χ1v) is 10.2. The van der Waals surface area contributed by atoms with Crippen molar-refractivity contribution in [2.75, 3.05) is 11.9 Å². The average Bonchev–Trinajstić information content (AvgIpc) is 3.39. The first-order valence-electron chi connectivity index (χ1n) is 10.2. The van der Waals surface area contributed by atoms with Gasteiger partial charge in [0.25, 0.3) is 0 Å². The highest BCUT2D eigenvalue weighted by atomic mass is 16.3. The molecule has 1 saturated heterocycles. The van der Waals surface area contributed by atoms with Crippen molar-refractivity contribution in [3.8, 4) is 6.07 Å². The molecule has 0 aliphatic carbocycles. The monoisotopic (exact) mass is 387 g/mol. The van der Waals surface area contributed by atoms with Crippen LogP contribution in [-0.2, 0) is 13.0 Å². The summed E-state index contributed by atoms with van der Waals surface area (Å²) in [5.74, 6) is 2.88. The molecule has 6 nitrogen and oxygen atoms in total. The van der Waals surface area contributed by atoms with Gasteiger partial charge in [-0.3, -0.25) is 4.90 Å². The molecule has 4 heterocycles. The average molecular weight is 387 g/mol. The third-order valence-corrected chi connectivity index (χ3v) is 5.20. The molecule has 1 aliphatic heterocycles. The van der Waals surface area contributed by atoms with Crippen LogP contribution in [0.4, 0.5) is 11.5 Å². The number of likely N-dealkylation sites (tertiary alicyclic amines) is 1. The molecular formula is C23H25N5O. The molecule has 1 N–H and O–H groups in total. The summed E-state index contributed by atoms with van der Waals surface area (Å²) in [6, 6.07) is 16.1. The number of anilines is 2. The Morgan fingerprint density at radius 1 is 1.21 bits per heavy atom. The van der Waals surface area contributed by atoms with Gasteiger partial charge in [0.2, 0.25) is 0 Å². The summed E-state index contributed by atoms with van der Waals surface area (Å²) in [6.45, 7) is 4.03. The molecule has 1 atom stereocenters. The fourth-order valence-electron chi connectivity index (χ4n) is 3.83. The lowest BCUT2D eigenvalue weighted by Gasteiger charge is -2.23. The number of nitriles is 1. The summed E-state index contributed by atoms with van der Waals surface area (Å²) in [5.41, 5.74) is 2.28. The Kier molecular flexibility index (Phi) is 5.87. The Morgan fingerprint density at radius 3 is 2.90 bits per heavy atom. The van der Waals surface area contributed by atoms with E-state index in [0.29, 0.717) is 5.69 Å². The van der Waals surface area contributed by atoms with Crippen molar-refractivity contribution in [2.24, 2.45) is 0 Å². The van der Waals surface area contributed by atoms with Crippen LogP contribution in [0.25, 0.3) is 0 Å². The van der Waals surface area contributed by atoms with Crippen LogP contribution in [0.1, 0.15) is 55.1 Å². The molecule has 4 rings (SSSR count). The van der Waals surface area contributed by atoms with E-state index in [-0.39, 0.29) is 6.04 Å². The summed E-state index contributed by atoms with van der Waals surface area (Å²) in [4.78, 5) is 11.4. The van der Waals surface area contributed by atoms with E-state index in [1.54, 1.807) is 12.3 Å². The molecule has 3 aromatic heterocycles. The molecule has 3 aromatic rings. The predicted octanol–water partition coefficient (Wildman–Crippen LogP) is 4.97. The van der Waals surface area contributed by atoms with Crippen LogP contribution < -0.4 is 5.32 Å². The lowest BCUT2D eigenvalue weighted by atomic mass is 10.1. The van der Waals surface area contributed by atoms with Gasteiger partial charge in [-0.05, 0) is 62.2 Å². The molecule has 0 amide bonds. The van der Waals surface area contributed by atoms with Gasteiger partial charge in [0.1, 0.15) is 29.1 Å². The van der Waals surface area contributed by atoms with Gasteiger partial charge in [0.05, 0.1) is 30.2 Å². The fraction of sp³-hybridized carbons (Fsp3) is 0.348. The zero-order valence-corrected chi connectivity index (χ0v) is 16.6. The van der Waals surface area contributed by atoms with Gasteiger partial charge in [0.15, 0.2) is 0 Å². The number of nitrogens with zero attached hydrogens (tertiary/aromatic N) is 4. The molecular weight excluding hydrogens is 362 g/mol. The highest BCUT2D eigenvalue weighted by Gasteiger charge is 2.28. The van der Waals surface area contributed by atoms with Crippen LogP contribution in [0.2, 0.25) is 0 Å². The summed E-state index contributed by atoms with van der Waals surface area (Å²) in [5, 5.41) is 12.2. The Labute approximate surface area is 171 Å². The van der Waals surface area contributed by atoms with E-state index in [4.69, 9.17) is 14.7 Å². The molecule has 0 aromatic carbocycles. The minimum absolute atomic E-state index is 0.288. The molecule has 0 radical (unpaired) electrons. The second-order valence-electron chi connectivity index (χ2n) is 7.36. The maximum absolute atomic E-state index is 8.88. The molecule has 0 spiro atoms. The molecule has 6 heteroatoms. The lowest BCUT2D eigenvalue weighted by molar-refractivity contribution is 0.222. The third-order valence-electron chi connectivity index (χ3n) is 5.20. The summed E-state index contributed by atoms with van der Waals surface area (Å²) < 4.78 is 5.99.